The molecule has 9 heteroatoms. The fourth-order valence-corrected chi connectivity index (χ4v) is 4.19. The summed E-state index contributed by atoms with van der Waals surface area (Å²) in [4.78, 5) is 17.3. The number of halogens is 2. The first kappa shape index (κ1) is 20.7. The predicted octanol–water partition coefficient (Wildman–Crippen LogP) is 5.87. The molecule has 0 saturated heterocycles. The third-order valence-electron chi connectivity index (χ3n) is 4.38. The third kappa shape index (κ3) is 4.75. The topological polar surface area (TPSA) is 68.5 Å². The number of aromatic nitrogens is 3. The number of fused-ring (bicyclic) bond motifs is 1. The number of hydrogen-bond donors (Lipinski definition) is 1. The van der Waals surface area contributed by atoms with Gasteiger partial charge in [-0.15, -0.1) is 16.4 Å². The molecule has 0 fully saturated rings. The summed E-state index contributed by atoms with van der Waals surface area (Å²) < 4.78 is 7.31. The minimum absolute atomic E-state index is 0.160. The summed E-state index contributed by atoms with van der Waals surface area (Å²) in [5.74, 6) is 0.898. The van der Waals surface area contributed by atoms with Crippen molar-refractivity contribution in [2.45, 2.75) is 19.8 Å². The Balaban J connectivity index is 1.35. The van der Waals surface area contributed by atoms with Gasteiger partial charge in [0, 0.05) is 22.4 Å². The van der Waals surface area contributed by atoms with Gasteiger partial charge in [-0.1, -0.05) is 40.9 Å². The number of hydrogen-bond acceptors (Lipinski definition) is 5. The van der Waals surface area contributed by atoms with E-state index in [0.717, 1.165) is 17.0 Å². The quantitative estimate of drug-likeness (QED) is 0.350. The van der Waals surface area contributed by atoms with Gasteiger partial charge in [-0.3, -0.25) is 10.1 Å². The first-order valence-corrected chi connectivity index (χ1v) is 10.9. The predicted molar refractivity (Wildman–Crippen MR) is 121 cm³/mol. The molecule has 0 aliphatic heterocycles. The van der Waals surface area contributed by atoms with E-state index in [9.17, 15) is 4.79 Å². The minimum atomic E-state index is -0.160. The Morgan fingerprint density at radius 2 is 2.00 bits per heavy atom. The Hall–Kier alpha value is -2.61. The summed E-state index contributed by atoms with van der Waals surface area (Å²) in [5.41, 5.74) is 2.76. The molecule has 154 valence electrons. The van der Waals surface area contributed by atoms with E-state index in [1.54, 1.807) is 16.6 Å². The number of nitrogens with one attached hydrogen (secondary N) is 1. The minimum Gasteiger partial charge on any atom is -0.494 e. The lowest BCUT2D eigenvalue weighted by Gasteiger charge is -2.06. The highest BCUT2D eigenvalue weighted by molar-refractivity contribution is 7.15. The molecule has 1 N–H and O–H groups in total. The number of carbonyl (C=O) groups is 1. The number of nitrogens with zero attached hydrogens (tertiary/aromatic N) is 3. The first-order valence-electron chi connectivity index (χ1n) is 9.28. The van der Waals surface area contributed by atoms with Crippen LogP contribution < -0.4 is 10.1 Å². The maximum absolute atomic E-state index is 12.2. The van der Waals surface area contributed by atoms with Gasteiger partial charge in [0.05, 0.1) is 17.3 Å². The summed E-state index contributed by atoms with van der Waals surface area (Å²) >= 11 is 13.7. The normalized spacial score (nSPS) is 11.0. The molecule has 0 aliphatic rings. The smallest absolute Gasteiger partial charge is 0.250 e. The molecule has 30 heavy (non-hydrogen) atoms. The van der Waals surface area contributed by atoms with Crippen molar-refractivity contribution in [1.29, 1.82) is 0 Å². The number of rotatable bonds is 7. The maximum Gasteiger partial charge on any atom is 0.250 e. The molecule has 0 radical (unpaired) electrons. The molecule has 0 bridgehead atoms. The van der Waals surface area contributed by atoms with Crippen molar-refractivity contribution < 1.29 is 9.53 Å². The highest BCUT2D eigenvalue weighted by Crippen LogP contribution is 2.33. The number of anilines is 1. The Bertz CT molecular complexity index is 1190. The van der Waals surface area contributed by atoms with E-state index in [1.165, 1.54) is 16.9 Å². The Labute approximate surface area is 187 Å². The van der Waals surface area contributed by atoms with Gasteiger partial charge in [0.25, 0.3) is 0 Å². The van der Waals surface area contributed by atoms with E-state index in [1.807, 2.05) is 42.6 Å². The van der Waals surface area contributed by atoms with Gasteiger partial charge < -0.3 is 4.74 Å². The molecule has 2 aromatic carbocycles. The van der Waals surface area contributed by atoms with E-state index in [4.69, 9.17) is 27.9 Å². The van der Waals surface area contributed by atoms with Crippen LogP contribution in [0, 0.1) is 6.92 Å². The van der Waals surface area contributed by atoms with Crippen LogP contribution in [0.25, 0.3) is 16.2 Å². The zero-order chi connectivity index (χ0) is 21.1. The van der Waals surface area contributed by atoms with Gasteiger partial charge in [0.2, 0.25) is 16.8 Å². The molecule has 0 unspecified atom stereocenters. The Kier molecular flexibility index (Phi) is 6.22. The lowest BCUT2D eigenvalue weighted by molar-refractivity contribution is -0.116. The first-order chi connectivity index (χ1) is 14.5. The highest BCUT2D eigenvalue weighted by Gasteiger charge is 2.15. The molecule has 2 heterocycles. The SMILES string of the molecule is Cc1ccc(OCCCC(=O)Nc2nc3scc(-c4ccc(Cl)cc4Cl)n3n2)cc1. The molecule has 0 atom stereocenters. The zero-order valence-corrected chi connectivity index (χ0v) is 18.4. The van der Waals surface area contributed by atoms with Gasteiger partial charge in [-0.25, -0.2) is 4.52 Å². The molecule has 0 spiro atoms. The van der Waals surface area contributed by atoms with Crippen LogP contribution in [0.5, 0.6) is 5.75 Å². The van der Waals surface area contributed by atoms with E-state index in [-0.39, 0.29) is 11.9 Å². The molecular formula is C21H18Cl2N4O2S. The van der Waals surface area contributed by atoms with Crippen LogP contribution >= 0.6 is 34.5 Å². The van der Waals surface area contributed by atoms with Crippen molar-refractivity contribution in [1.82, 2.24) is 14.6 Å². The number of amides is 1. The number of benzene rings is 2. The van der Waals surface area contributed by atoms with Crippen LogP contribution in [0.2, 0.25) is 10.0 Å². The summed E-state index contributed by atoms with van der Waals surface area (Å²) in [7, 11) is 0. The summed E-state index contributed by atoms with van der Waals surface area (Å²) in [6.07, 6.45) is 0.905. The van der Waals surface area contributed by atoms with Crippen LogP contribution in [0.1, 0.15) is 18.4 Å². The van der Waals surface area contributed by atoms with E-state index in [0.29, 0.717) is 34.5 Å². The van der Waals surface area contributed by atoms with Crippen molar-refractivity contribution in [3.63, 3.8) is 0 Å². The molecule has 2 aromatic heterocycles. The Morgan fingerprint density at radius 3 is 2.77 bits per heavy atom. The lowest BCUT2D eigenvalue weighted by Crippen LogP contribution is -2.14. The third-order valence-corrected chi connectivity index (χ3v) is 5.74. The van der Waals surface area contributed by atoms with Gasteiger partial charge in [-0.05, 0) is 43.7 Å². The Morgan fingerprint density at radius 1 is 1.20 bits per heavy atom. The lowest BCUT2D eigenvalue weighted by atomic mass is 10.2. The van der Waals surface area contributed by atoms with E-state index in [2.05, 4.69) is 15.4 Å². The molecule has 4 rings (SSSR count). The van der Waals surface area contributed by atoms with Crippen LogP contribution in [-0.4, -0.2) is 27.1 Å². The average Bonchev–Trinajstić information content (AvgIpc) is 3.27. The van der Waals surface area contributed by atoms with E-state index < -0.39 is 0 Å². The van der Waals surface area contributed by atoms with Crippen LogP contribution in [0.4, 0.5) is 5.95 Å². The van der Waals surface area contributed by atoms with Crippen molar-refractivity contribution in [2.24, 2.45) is 0 Å². The summed E-state index contributed by atoms with van der Waals surface area (Å²) in [6, 6.07) is 13.1. The second-order valence-electron chi connectivity index (χ2n) is 6.69. The standard InChI is InChI=1S/C21H18Cl2N4O2S/c1-13-4-7-15(8-5-13)29-10-2-3-19(28)24-20-25-21-27(26-20)18(12-30-21)16-9-6-14(22)11-17(16)23/h4-9,11-12H,2-3,10H2,1H3,(H,24,26,28). The maximum atomic E-state index is 12.2. The van der Waals surface area contributed by atoms with Crippen LogP contribution in [0.15, 0.2) is 47.8 Å². The average molecular weight is 461 g/mol. The number of carbonyl (C=O) groups excluding carboxylic acids is 1. The fourth-order valence-electron chi connectivity index (χ4n) is 2.86. The molecule has 1 amide bonds. The molecule has 0 aliphatic carbocycles. The van der Waals surface area contributed by atoms with Crippen LogP contribution in [0.3, 0.4) is 0 Å². The number of thiazole rings is 1. The second-order valence-corrected chi connectivity index (χ2v) is 8.37. The molecule has 0 saturated carbocycles. The second kappa shape index (κ2) is 9.04. The molecule has 4 aromatic rings. The monoisotopic (exact) mass is 460 g/mol. The van der Waals surface area contributed by atoms with Gasteiger partial charge in [0.15, 0.2) is 0 Å². The van der Waals surface area contributed by atoms with Crippen molar-refractivity contribution in [2.75, 3.05) is 11.9 Å². The largest absolute Gasteiger partial charge is 0.494 e. The van der Waals surface area contributed by atoms with Crippen LogP contribution in [-0.2, 0) is 4.79 Å². The van der Waals surface area contributed by atoms with Crippen molar-refractivity contribution in [3.8, 4) is 17.0 Å². The van der Waals surface area contributed by atoms with E-state index >= 15 is 0 Å². The summed E-state index contributed by atoms with van der Waals surface area (Å²) in [6.45, 7) is 2.48. The fraction of sp³-hybridized carbons (Fsp3) is 0.190. The van der Waals surface area contributed by atoms with Gasteiger partial charge in [0.1, 0.15) is 5.75 Å². The van der Waals surface area contributed by atoms with Crippen molar-refractivity contribution >= 4 is 51.4 Å². The number of ether oxygens (including phenoxy) is 1. The molecule has 6 nitrogen and oxygen atoms in total. The highest BCUT2D eigenvalue weighted by atomic mass is 35.5. The molecular weight excluding hydrogens is 443 g/mol. The van der Waals surface area contributed by atoms with Gasteiger partial charge >= 0.3 is 0 Å². The number of aryl methyl sites for hydroxylation is 1. The van der Waals surface area contributed by atoms with Crippen molar-refractivity contribution in [3.05, 3.63) is 63.5 Å². The zero-order valence-electron chi connectivity index (χ0n) is 16.1. The summed E-state index contributed by atoms with van der Waals surface area (Å²) in [5, 5.41) is 10.1. The van der Waals surface area contributed by atoms with Gasteiger partial charge in [-0.2, -0.15) is 4.98 Å².